The molecule has 0 aliphatic heterocycles. The molecule has 3 rings (SSSR count). The molecule has 2 heterocycles. The summed E-state index contributed by atoms with van der Waals surface area (Å²) in [7, 11) is 1.10. The Morgan fingerprint density at radius 3 is 2.31 bits per heavy atom. The number of carbonyl (C=O) groups excluding carboxylic acids is 5. The van der Waals surface area contributed by atoms with E-state index in [1.807, 2.05) is 0 Å². The first-order chi connectivity index (χ1) is 23.9. The van der Waals surface area contributed by atoms with Gasteiger partial charge in [-0.2, -0.15) is 18.2 Å². The van der Waals surface area contributed by atoms with Crippen LogP contribution in [0.5, 0.6) is 0 Å². The number of nitrogen functional groups attached to an aromatic ring is 1. The van der Waals surface area contributed by atoms with Crippen LogP contribution >= 0.6 is 0 Å². The van der Waals surface area contributed by atoms with Gasteiger partial charge in [0.1, 0.15) is 11.6 Å². The van der Waals surface area contributed by atoms with Crippen molar-refractivity contribution < 1.29 is 46.6 Å². The average molecular weight is 721 g/mol. The van der Waals surface area contributed by atoms with E-state index in [0.717, 1.165) is 37.6 Å². The Morgan fingerprint density at radius 1 is 1.00 bits per heavy atom. The Labute approximate surface area is 289 Å². The number of carbonyl (C=O) groups is 5. The summed E-state index contributed by atoms with van der Waals surface area (Å²) in [5, 5.41) is 5.16. The summed E-state index contributed by atoms with van der Waals surface area (Å²) in [6.45, 7) is 4.93. The van der Waals surface area contributed by atoms with Crippen LogP contribution < -0.4 is 26.8 Å². The smallest absolute Gasteiger partial charge is 0.467 e. The Kier molecular flexibility index (Phi) is 13.5. The first-order valence-electron chi connectivity index (χ1n) is 15.8. The Hall–Kier alpha value is -5.62. The third kappa shape index (κ3) is 12.3. The number of nitrogens with one attached hydrogen (secondary N) is 3. The van der Waals surface area contributed by atoms with Crippen molar-refractivity contribution in [3.05, 3.63) is 52.1 Å². The van der Waals surface area contributed by atoms with Crippen molar-refractivity contribution in [1.29, 1.82) is 0 Å². The molecule has 0 spiro atoms. The molecule has 0 saturated heterocycles. The fourth-order valence-corrected chi connectivity index (χ4v) is 4.62. The number of nitrogens with zero attached hydrogens (tertiary/aromatic N) is 4. The number of aromatic amines is 1. The van der Waals surface area contributed by atoms with E-state index in [4.69, 9.17) is 15.2 Å². The van der Waals surface area contributed by atoms with E-state index in [0.29, 0.717) is 30.7 Å². The molecule has 5 N–H and O–H groups in total. The molecule has 1 atom stereocenters. The minimum Gasteiger partial charge on any atom is -0.467 e. The van der Waals surface area contributed by atoms with Crippen molar-refractivity contribution in [3.8, 4) is 0 Å². The number of anilines is 2. The molecule has 0 bridgehead atoms. The van der Waals surface area contributed by atoms with Crippen molar-refractivity contribution >= 4 is 52.5 Å². The highest BCUT2D eigenvalue weighted by atomic mass is 19.4. The summed E-state index contributed by atoms with van der Waals surface area (Å²) >= 11 is 0. The number of aromatic nitrogens is 4. The Morgan fingerprint density at radius 2 is 1.69 bits per heavy atom. The van der Waals surface area contributed by atoms with Crippen LogP contribution in [-0.2, 0) is 35.2 Å². The molecule has 0 aliphatic carbocycles. The standard InChI is InChI=1S/C32H39F3N8O8/c1-31(2,3)51-23(45)8-6-5-7-15-37-22(44)14-13-21(28(48)50-4)40-26(46)18-9-11-20(12-10-18)43(29(49)32(33,34)35)17-19-16-38-25-24(39-19)27(47)42-30(36)41-25/h9-12,16,21H,5-8,13-15,17H2,1-4H3,(H,37,44)(H,40,46)(H3,36,38,41,42,47)/t21-/m0/s1. The zero-order valence-corrected chi connectivity index (χ0v) is 28.4. The fraction of sp³-hybridized carbons (Fsp3) is 0.469. The van der Waals surface area contributed by atoms with Crippen LogP contribution in [0.15, 0.2) is 35.3 Å². The maximum absolute atomic E-state index is 13.6. The highest BCUT2D eigenvalue weighted by molar-refractivity contribution is 5.99. The normalized spacial score (nSPS) is 12.1. The van der Waals surface area contributed by atoms with Gasteiger partial charge in [0.25, 0.3) is 11.5 Å². The minimum atomic E-state index is -5.30. The van der Waals surface area contributed by atoms with Crippen LogP contribution in [-0.4, -0.2) is 81.1 Å². The predicted octanol–water partition coefficient (Wildman–Crippen LogP) is 2.46. The molecule has 1 aromatic carbocycles. The van der Waals surface area contributed by atoms with Crippen LogP contribution in [0.25, 0.3) is 11.2 Å². The van der Waals surface area contributed by atoms with Crippen molar-refractivity contribution in [3.63, 3.8) is 0 Å². The van der Waals surface area contributed by atoms with E-state index >= 15 is 0 Å². The Balaban J connectivity index is 1.61. The van der Waals surface area contributed by atoms with E-state index < -0.39 is 47.7 Å². The number of esters is 2. The third-order valence-electron chi connectivity index (χ3n) is 6.99. The molecular formula is C32H39F3N8O8. The van der Waals surface area contributed by atoms with Crippen molar-refractivity contribution in [2.24, 2.45) is 0 Å². The van der Waals surface area contributed by atoms with Gasteiger partial charge in [-0.1, -0.05) is 6.42 Å². The van der Waals surface area contributed by atoms with Crippen LogP contribution in [0.4, 0.5) is 24.8 Å². The number of amides is 3. The van der Waals surface area contributed by atoms with E-state index in [2.05, 4.69) is 30.6 Å². The first kappa shape index (κ1) is 39.8. The summed E-state index contributed by atoms with van der Waals surface area (Å²) < 4.78 is 50.7. The van der Waals surface area contributed by atoms with Gasteiger partial charge in [0.15, 0.2) is 11.2 Å². The lowest BCUT2D eigenvalue weighted by Gasteiger charge is -2.24. The van der Waals surface area contributed by atoms with E-state index in [1.54, 1.807) is 20.8 Å². The zero-order chi connectivity index (χ0) is 37.9. The molecule has 0 aliphatic rings. The number of H-pyrrole nitrogens is 1. The van der Waals surface area contributed by atoms with Gasteiger partial charge >= 0.3 is 24.0 Å². The minimum absolute atomic E-state index is 0.0800. The number of hydrogen-bond acceptors (Lipinski definition) is 12. The number of unbranched alkanes of at least 4 members (excludes halogenated alkanes) is 2. The molecule has 3 aromatic rings. The highest BCUT2D eigenvalue weighted by Gasteiger charge is 2.43. The quantitative estimate of drug-likeness (QED) is 0.131. The second-order valence-corrected chi connectivity index (χ2v) is 12.3. The number of halogens is 3. The van der Waals surface area contributed by atoms with Gasteiger partial charge in [-0.25, -0.2) is 14.8 Å². The summed E-state index contributed by atoms with van der Waals surface area (Å²) in [4.78, 5) is 88.3. The number of ether oxygens (including phenoxy) is 2. The zero-order valence-electron chi connectivity index (χ0n) is 28.4. The molecule has 16 nitrogen and oxygen atoms in total. The van der Waals surface area contributed by atoms with Crippen LogP contribution in [0, 0.1) is 0 Å². The summed E-state index contributed by atoms with van der Waals surface area (Å²) in [6, 6.07) is 3.19. The lowest BCUT2D eigenvalue weighted by molar-refractivity contribution is -0.170. The largest absolute Gasteiger partial charge is 0.471 e. The van der Waals surface area contributed by atoms with Crippen molar-refractivity contribution in [2.45, 2.75) is 83.7 Å². The molecule has 0 radical (unpaired) electrons. The summed E-state index contributed by atoms with van der Waals surface area (Å²) in [6.07, 6.45) is -2.38. The lowest BCUT2D eigenvalue weighted by atomic mass is 10.1. The van der Waals surface area contributed by atoms with Gasteiger partial charge in [0.05, 0.1) is 25.5 Å². The SMILES string of the molecule is COC(=O)[C@H](CCC(=O)NCCCCCC(=O)OC(C)(C)C)NC(=O)c1ccc(N(Cc2cnc3nc(N)[nH]c(=O)c3n2)C(=O)C(F)(F)F)cc1. The van der Waals surface area contributed by atoms with Gasteiger partial charge < -0.3 is 25.8 Å². The van der Waals surface area contributed by atoms with Crippen LogP contribution in [0.2, 0.25) is 0 Å². The number of alkyl halides is 3. The number of rotatable bonds is 15. The second kappa shape index (κ2) is 17.3. The fourth-order valence-electron chi connectivity index (χ4n) is 4.62. The maximum Gasteiger partial charge on any atom is 0.471 e. The predicted molar refractivity (Wildman–Crippen MR) is 176 cm³/mol. The maximum atomic E-state index is 13.6. The van der Waals surface area contributed by atoms with Gasteiger partial charge in [0.2, 0.25) is 11.9 Å². The van der Waals surface area contributed by atoms with Gasteiger partial charge in [-0.3, -0.25) is 33.9 Å². The van der Waals surface area contributed by atoms with Gasteiger partial charge in [-0.05, 0) is 64.3 Å². The molecule has 276 valence electrons. The van der Waals surface area contributed by atoms with E-state index in [9.17, 15) is 41.9 Å². The molecule has 0 saturated carbocycles. The topological polar surface area (TPSA) is 229 Å². The molecule has 0 fully saturated rings. The Bertz CT molecular complexity index is 1790. The summed E-state index contributed by atoms with van der Waals surface area (Å²) in [5.74, 6) is -4.81. The van der Waals surface area contributed by atoms with Crippen LogP contribution in [0.1, 0.15) is 75.3 Å². The number of fused-ring (bicyclic) bond motifs is 1. The molecule has 3 amide bonds. The average Bonchev–Trinajstić information content (AvgIpc) is 3.05. The van der Waals surface area contributed by atoms with Crippen LogP contribution in [0.3, 0.4) is 0 Å². The van der Waals surface area contributed by atoms with E-state index in [1.165, 1.54) is 0 Å². The monoisotopic (exact) mass is 720 g/mol. The number of methoxy groups -OCH3 is 1. The molecular weight excluding hydrogens is 681 g/mol. The summed E-state index contributed by atoms with van der Waals surface area (Å²) in [5.41, 5.74) is 3.13. The molecule has 0 unspecified atom stereocenters. The number of nitrogens with two attached hydrogens (primary N) is 1. The van der Waals surface area contributed by atoms with Crippen molar-refractivity contribution in [2.75, 3.05) is 24.3 Å². The van der Waals surface area contributed by atoms with Crippen molar-refractivity contribution in [1.82, 2.24) is 30.6 Å². The number of benzene rings is 1. The molecule has 2 aromatic heterocycles. The van der Waals surface area contributed by atoms with Gasteiger partial charge in [-0.15, -0.1) is 0 Å². The molecule has 19 heteroatoms. The van der Waals surface area contributed by atoms with Gasteiger partial charge in [0, 0.05) is 30.6 Å². The van der Waals surface area contributed by atoms with E-state index in [-0.39, 0.29) is 65.2 Å². The molecule has 51 heavy (non-hydrogen) atoms. The number of hydrogen-bond donors (Lipinski definition) is 4. The lowest BCUT2D eigenvalue weighted by Crippen LogP contribution is -2.42. The highest BCUT2D eigenvalue weighted by Crippen LogP contribution is 2.26. The third-order valence-corrected chi connectivity index (χ3v) is 6.99. The first-order valence-corrected chi connectivity index (χ1v) is 15.8. The second-order valence-electron chi connectivity index (χ2n) is 12.3.